The molecule has 2 atom stereocenters. The molecule has 2 unspecified atom stereocenters. The quantitative estimate of drug-likeness (QED) is 0.705. The highest BCUT2D eigenvalue weighted by atomic mass is 16.5. The number of ether oxygens (including phenoxy) is 1. The zero-order valence-corrected chi connectivity index (χ0v) is 12.0. The number of likely N-dealkylation sites (N-methyl/N-ethyl adjacent to an activating group) is 2. The van der Waals surface area contributed by atoms with Crippen molar-refractivity contribution in [1.82, 2.24) is 10.2 Å². The second-order valence-electron chi connectivity index (χ2n) is 5.71. The molecule has 0 radical (unpaired) electrons. The molecule has 1 heterocycles. The first-order chi connectivity index (χ1) is 8.11. The van der Waals surface area contributed by atoms with Gasteiger partial charge in [-0.2, -0.15) is 0 Å². The summed E-state index contributed by atoms with van der Waals surface area (Å²) in [5.74, 6) is 0.795. The highest BCUT2D eigenvalue weighted by Crippen LogP contribution is 2.20. The third-order valence-corrected chi connectivity index (χ3v) is 3.42. The average Bonchev–Trinajstić information content (AvgIpc) is 2.71. The molecule has 1 N–H and O–H groups in total. The number of nitrogens with one attached hydrogen (secondary N) is 1. The van der Waals surface area contributed by atoms with Crippen LogP contribution in [0.4, 0.5) is 0 Å². The maximum absolute atomic E-state index is 6.04. The van der Waals surface area contributed by atoms with Gasteiger partial charge in [-0.3, -0.25) is 0 Å². The largest absolute Gasteiger partial charge is 0.372 e. The van der Waals surface area contributed by atoms with Gasteiger partial charge in [-0.25, -0.2) is 0 Å². The number of nitrogens with zero attached hydrogens (tertiary/aromatic N) is 1. The summed E-state index contributed by atoms with van der Waals surface area (Å²) in [6.45, 7) is 11.1. The normalized spacial score (nSPS) is 25.1. The van der Waals surface area contributed by atoms with Gasteiger partial charge in [0.05, 0.1) is 12.2 Å². The first-order valence-corrected chi connectivity index (χ1v) is 7.16. The molecule has 0 saturated carbocycles. The molecule has 0 amide bonds. The third-order valence-electron chi connectivity index (χ3n) is 3.42. The van der Waals surface area contributed by atoms with Crippen molar-refractivity contribution in [2.45, 2.75) is 52.2 Å². The SMILES string of the molecule is CCNCC1CCC(CN(C)CCC(C)C)O1. The Morgan fingerprint density at radius 3 is 2.65 bits per heavy atom. The molecule has 102 valence electrons. The Morgan fingerprint density at radius 1 is 1.29 bits per heavy atom. The molecule has 3 nitrogen and oxygen atoms in total. The van der Waals surface area contributed by atoms with Crippen LogP contribution in [0.1, 0.15) is 40.0 Å². The van der Waals surface area contributed by atoms with E-state index in [1.54, 1.807) is 0 Å². The summed E-state index contributed by atoms with van der Waals surface area (Å²) in [5, 5.41) is 3.37. The van der Waals surface area contributed by atoms with Crippen LogP contribution >= 0.6 is 0 Å². The van der Waals surface area contributed by atoms with E-state index in [1.165, 1.54) is 25.8 Å². The zero-order chi connectivity index (χ0) is 12.7. The Balaban J connectivity index is 2.11. The van der Waals surface area contributed by atoms with Gasteiger partial charge in [-0.05, 0) is 45.3 Å². The summed E-state index contributed by atoms with van der Waals surface area (Å²) in [4.78, 5) is 2.42. The van der Waals surface area contributed by atoms with Crippen molar-refractivity contribution < 1.29 is 4.74 Å². The van der Waals surface area contributed by atoms with E-state index in [2.05, 4.69) is 38.0 Å². The van der Waals surface area contributed by atoms with Gasteiger partial charge in [-0.1, -0.05) is 20.8 Å². The lowest BCUT2D eigenvalue weighted by Gasteiger charge is -2.22. The van der Waals surface area contributed by atoms with Crippen LogP contribution in [0, 0.1) is 5.92 Å². The van der Waals surface area contributed by atoms with Crippen LogP contribution in [-0.4, -0.2) is 50.3 Å². The summed E-state index contributed by atoms with van der Waals surface area (Å²) in [6.07, 6.45) is 4.62. The monoisotopic (exact) mass is 242 g/mol. The minimum atomic E-state index is 0.443. The van der Waals surface area contributed by atoms with Gasteiger partial charge in [0, 0.05) is 13.1 Å². The molecule has 0 spiro atoms. The molecule has 17 heavy (non-hydrogen) atoms. The van der Waals surface area contributed by atoms with Crippen molar-refractivity contribution in [3.05, 3.63) is 0 Å². The summed E-state index contributed by atoms with van der Waals surface area (Å²) in [6, 6.07) is 0. The standard InChI is InChI=1S/C14H30N2O/c1-5-15-10-13-6-7-14(17-13)11-16(4)9-8-12(2)3/h12-15H,5-11H2,1-4H3. The molecule has 1 aliphatic rings. The van der Waals surface area contributed by atoms with Crippen molar-refractivity contribution >= 4 is 0 Å². The topological polar surface area (TPSA) is 24.5 Å². The van der Waals surface area contributed by atoms with Gasteiger partial charge in [-0.15, -0.1) is 0 Å². The molecular weight excluding hydrogens is 212 g/mol. The van der Waals surface area contributed by atoms with E-state index in [0.29, 0.717) is 12.2 Å². The van der Waals surface area contributed by atoms with Crippen LogP contribution in [0.15, 0.2) is 0 Å². The number of hydrogen-bond acceptors (Lipinski definition) is 3. The molecular formula is C14H30N2O. The summed E-state index contributed by atoms with van der Waals surface area (Å²) < 4.78 is 6.04. The highest BCUT2D eigenvalue weighted by Gasteiger charge is 2.25. The van der Waals surface area contributed by atoms with E-state index in [-0.39, 0.29) is 0 Å². The van der Waals surface area contributed by atoms with E-state index in [0.717, 1.165) is 25.6 Å². The number of rotatable bonds is 8. The predicted molar refractivity (Wildman–Crippen MR) is 73.4 cm³/mol. The predicted octanol–water partition coefficient (Wildman–Crippen LogP) is 2.12. The van der Waals surface area contributed by atoms with E-state index in [9.17, 15) is 0 Å². The van der Waals surface area contributed by atoms with Crippen LogP contribution in [0.5, 0.6) is 0 Å². The minimum absolute atomic E-state index is 0.443. The van der Waals surface area contributed by atoms with Gasteiger partial charge >= 0.3 is 0 Å². The van der Waals surface area contributed by atoms with Crippen molar-refractivity contribution in [2.24, 2.45) is 5.92 Å². The molecule has 1 saturated heterocycles. The van der Waals surface area contributed by atoms with E-state index in [4.69, 9.17) is 4.74 Å². The molecule has 1 rings (SSSR count). The summed E-state index contributed by atoms with van der Waals surface area (Å²) in [5.41, 5.74) is 0. The second-order valence-corrected chi connectivity index (χ2v) is 5.71. The Hall–Kier alpha value is -0.120. The fourth-order valence-electron chi connectivity index (χ4n) is 2.29. The van der Waals surface area contributed by atoms with Crippen LogP contribution in [0.25, 0.3) is 0 Å². The van der Waals surface area contributed by atoms with Gasteiger partial charge < -0.3 is 15.0 Å². The fraction of sp³-hybridized carbons (Fsp3) is 1.00. The van der Waals surface area contributed by atoms with Gasteiger partial charge in [0.1, 0.15) is 0 Å². The van der Waals surface area contributed by atoms with Gasteiger partial charge in [0.25, 0.3) is 0 Å². The lowest BCUT2D eigenvalue weighted by molar-refractivity contribution is 0.0275. The molecule has 3 heteroatoms. The maximum Gasteiger partial charge on any atom is 0.0707 e. The summed E-state index contributed by atoms with van der Waals surface area (Å²) >= 11 is 0. The molecule has 0 aromatic carbocycles. The molecule has 0 aliphatic carbocycles. The van der Waals surface area contributed by atoms with Crippen LogP contribution in [0.2, 0.25) is 0 Å². The minimum Gasteiger partial charge on any atom is -0.372 e. The van der Waals surface area contributed by atoms with Crippen molar-refractivity contribution in [3.63, 3.8) is 0 Å². The van der Waals surface area contributed by atoms with E-state index < -0.39 is 0 Å². The number of hydrogen-bond donors (Lipinski definition) is 1. The molecule has 0 aromatic heterocycles. The Morgan fingerprint density at radius 2 is 2.00 bits per heavy atom. The Bertz CT molecular complexity index is 197. The Kier molecular flexibility index (Phi) is 7.09. The van der Waals surface area contributed by atoms with E-state index >= 15 is 0 Å². The van der Waals surface area contributed by atoms with Gasteiger partial charge in [0.15, 0.2) is 0 Å². The maximum atomic E-state index is 6.04. The molecule has 1 aliphatic heterocycles. The van der Waals surface area contributed by atoms with Crippen molar-refractivity contribution in [3.8, 4) is 0 Å². The molecule has 0 bridgehead atoms. The third kappa shape index (κ3) is 6.39. The first kappa shape index (κ1) is 14.9. The molecule has 0 aromatic rings. The van der Waals surface area contributed by atoms with Crippen LogP contribution in [-0.2, 0) is 4.74 Å². The lowest BCUT2D eigenvalue weighted by atomic mass is 10.1. The summed E-state index contributed by atoms with van der Waals surface area (Å²) in [7, 11) is 2.21. The van der Waals surface area contributed by atoms with Crippen molar-refractivity contribution in [2.75, 3.05) is 33.2 Å². The van der Waals surface area contributed by atoms with Gasteiger partial charge in [0.2, 0.25) is 0 Å². The van der Waals surface area contributed by atoms with Crippen LogP contribution < -0.4 is 5.32 Å². The lowest BCUT2D eigenvalue weighted by Crippen LogP contribution is -2.32. The Labute approximate surface area is 107 Å². The molecule has 1 fully saturated rings. The zero-order valence-electron chi connectivity index (χ0n) is 12.0. The van der Waals surface area contributed by atoms with Crippen molar-refractivity contribution in [1.29, 1.82) is 0 Å². The first-order valence-electron chi connectivity index (χ1n) is 7.16. The fourth-order valence-corrected chi connectivity index (χ4v) is 2.29. The second kappa shape index (κ2) is 8.06. The average molecular weight is 242 g/mol. The van der Waals surface area contributed by atoms with E-state index in [1.807, 2.05) is 0 Å². The highest BCUT2D eigenvalue weighted by molar-refractivity contribution is 4.77. The smallest absolute Gasteiger partial charge is 0.0707 e. The van der Waals surface area contributed by atoms with Crippen LogP contribution in [0.3, 0.4) is 0 Å².